The van der Waals surface area contributed by atoms with Crippen LogP contribution in [-0.4, -0.2) is 41.1 Å². The van der Waals surface area contributed by atoms with Gasteiger partial charge in [-0.2, -0.15) is 0 Å². The van der Waals surface area contributed by atoms with Crippen LogP contribution < -0.4 is 0 Å². The van der Waals surface area contributed by atoms with Gasteiger partial charge in [-0.15, -0.1) is 0 Å². The highest BCUT2D eigenvalue weighted by Gasteiger charge is 2.48. The quantitative estimate of drug-likeness (QED) is 0.812. The van der Waals surface area contributed by atoms with Crippen LogP contribution in [0.5, 0.6) is 0 Å². The molecule has 3 atom stereocenters. The summed E-state index contributed by atoms with van der Waals surface area (Å²) in [6.07, 6.45) is 2.78. The molecule has 0 aromatic heterocycles. The number of hydrogen-bond donors (Lipinski definition) is 1. The second-order valence-electron chi connectivity index (χ2n) is 6.44. The van der Waals surface area contributed by atoms with E-state index < -0.39 is 6.10 Å². The molecule has 1 N–H and O–H groups in total. The van der Waals surface area contributed by atoms with Crippen molar-refractivity contribution >= 4 is 11.8 Å². The first kappa shape index (κ1) is 16.1. The molecule has 1 aromatic carbocycles. The van der Waals surface area contributed by atoms with E-state index >= 15 is 0 Å². The number of amides is 2. The highest BCUT2D eigenvalue weighted by molar-refractivity contribution is 6.05. The zero-order chi connectivity index (χ0) is 16.2. The van der Waals surface area contributed by atoms with E-state index in [2.05, 4.69) is 0 Å². The van der Waals surface area contributed by atoms with Gasteiger partial charge in [-0.25, -0.2) is 0 Å². The molecule has 1 saturated heterocycles. The van der Waals surface area contributed by atoms with Gasteiger partial charge in [0.05, 0.1) is 37.7 Å². The first-order chi connectivity index (χ1) is 11.2. The third kappa shape index (κ3) is 3.62. The fourth-order valence-electron chi connectivity index (χ4n) is 3.56. The van der Waals surface area contributed by atoms with E-state index in [4.69, 9.17) is 4.74 Å². The molecule has 23 heavy (non-hydrogen) atoms. The Labute approximate surface area is 136 Å². The summed E-state index contributed by atoms with van der Waals surface area (Å²) in [6, 6.07) is 9.69. The highest BCUT2D eigenvalue weighted by atomic mass is 16.5. The third-order valence-corrected chi connectivity index (χ3v) is 4.75. The van der Waals surface area contributed by atoms with Crippen molar-refractivity contribution in [2.24, 2.45) is 11.8 Å². The summed E-state index contributed by atoms with van der Waals surface area (Å²) < 4.78 is 5.48. The lowest BCUT2D eigenvalue weighted by atomic mass is 9.81. The molecule has 1 aromatic rings. The Bertz CT molecular complexity index is 535. The maximum atomic E-state index is 12.3. The average Bonchev–Trinajstić information content (AvgIpc) is 2.81. The van der Waals surface area contributed by atoms with E-state index in [-0.39, 0.29) is 36.8 Å². The Kier molecular flexibility index (Phi) is 5.08. The monoisotopic (exact) mass is 317 g/mol. The van der Waals surface area contributed by atoms with Crippen molar-refractivity contribution in [1.29, 1.82) is 0 Å². The lowest BCUT2D eigenvalue weighted by Crippen LogP contribution is -2.39. The molecule has 0 unspecified atom stereocenters. The summed E-state index contributed by atoms with van der Waals surface area (Å²) in [6.45, 7) is 0.561. The lowest BCUT2D eigenvalue weighted by molar-refractivity contribution is -0.142. The molecule has 3 rings (SSSR count). The Morgan fingerprint density at radius 3 is 2.30 bits per heavy atom. The Balaban J connectivity index is 1.48. The molecule has 5 nitrogen and oxygen atoms in total. The van der Waals surface area contributed by atoms with Gasteiger partial charge in [0.25, 0.3) is 0 Å². The van der Waals surface area contributed by atoms with E-state index in [1.54, 1.807) is 0 Å². The molecule has 1 saturated carbocycles. The van der Waals surface area contributed by atoms with Gasteiger partial charge in [0.1, 0.15) is 0 Å². The van der Waals surface area contributed by atoms with E-state index in [9.17, 15) is 14.7 Å². The highest BCUT2D eigenvalue weighted by Crippen LogP contribution is 2.37. The third-order valence-electron chi connectivity index (χ3n) is 4.75. The minimum absolute atomic E-state index is 0.0411. The number of aliphatic hydroxyl groups excluding tert-OH is 1. The van der Waals surface area contributed by atoms with E-state index in [0.29, 0.717) is 6.61 Å². The topological polar surface area (TPSA) is 66.8 Å². The van der Waals surface area contributed by atoms with Crippen LogP contribution in [0.2, 0.25) is 0 Å². The molecule has 2 fully saturated rings. The normalized spacial score (nSPS) is 25.5. The SMILES string of the molecule is O=C1[C@@H]2CCCC[C@H]2C(=O)N1C[C@H](O)COCc1ccccc1. The maximum Gasteiger partial charge on any atom is 0.233 e. The second-order valence-corrected chi connectivity index (χ2v) is 6.44. The number of fused-ring (bicyclic) bond motifs is 1. The molecule has 5 heteroatoms. The average molecular weight is 317 g/mol. The van der Waals surface area contributed by atoms with Crippen LogP contribution in [0.15, 0.2) is 30.3 Å². The fourth-order valence-corrected chi connectivity index (χ4v) is 3.56. The van der Waals surface area contributed by atoms with E-state index in [0.717, 1.165) is 31.2 Å². The Morgan fingerprint density at radius 1 is 1.09 bits per heavy atom. The summed E-state index contributed by atoms with van der Waals surface area (Å²) in [5.74, 6) is -0.536. The van der Waals surface area contributed by atoms with Crippen LogP contribution in [0.4, 0.5) is 0 Å². The number of β-amino-alcohol motifs (C(OH)–C–C–N with tert-alkyl or cyclic N) is 1. The van der Waals surface area contributed by atoms with Crippen molar-refractivity contribution in [3.8, 4) is 0 Å². The standard InChI is InChI=1S/C18H23NO4/c20-14(12-23-11-13-6-2-1-3-7-13)10-19-17(21)15-8-4-5-9-16(15)18(19)22/h1-3,6-7,14-16,20H,4-5,8-12H2/t14-,15+,16+/m0/s1. The number of carbonyl (C=O) groups is 2. The predicted molar refractivity (Wildman–Crippen MR) is 84.3 cm³/mol. The summed E-state index contributed by atoms with van der Waals surface area (Å²) in [5, 5.41) is 10.1. The molecular formula is C18H23NO4. The van der Waals surface area contributed by atoms with Crippen LogP contribution in [0.3, 0.4) is 0 Å². The first-order valence-electron chi connectivity index (χ1n) is 8.32. The van der Waals surface area contributed by atoms with Crippen molar-refractivity contribution in [3.63, 3.8) is 0 Å². The zero-order valence-corrected chi connectivity index (χ0v) is 13.2. The van der Waals surface area contributed by atoms with Gasteiger partial charge in [-0.3, -0.25) is 14.5 Å². The molecule has 0 spiro atoms. The number of rotatable bonds is 6. The van der Waals surface area contributed by atoms with Crippen LogP contribution in [0, 0.1) is 11.8 Å². The minimum Gasteiger partial charge on any atom is -0.389 e. The summed E-state index contributed by atoms with van der Waals surface area (Å²) in [4.78, 5) is 25.9. The maximum absolute atomic E-state index is 12.3. The van der Waals surface area contributed by atoms with Gasteiger partial charge < -0.3 is 9.84 Å². The molecular weight excluding hydrogens is 294 g/mol. The molecule has 1 heterocycles. The van der Waals surface area contributed by atoms with Crippen LogP contribution in [-0.2, 0) is 20.9 Å². The number of nitrogens with zero attached hydrogens (tertiary/aromatic N) is 1. The number of ether oxygens (including phenoxy) is 1. The van der Waals surface area contributed by atoms with E-state index in [1.807, 2.05) is 30.3 Å². The molecule has 1 aliphatic heterocycles. The summed E-state index contributed by atoms with van der Waals surface area (Å²) in [7, 11) is 0. The minimum atomic E-state index is -0.841. The fraction of sp³-hybridized carbons (Fsp3) is 0.556. The van der Waals surface area contributed by atoms with Crippen molar-refractivity contribution in [2.75, 3.05) is 13.2 Å². The number of aliphatic hydroxyl groups is 1. The van der Waals surface area contributed by atoms with Crippen LogP contribution in [0.1, 0.15) is 31.2 Å². The number of carbonyl (C=O) groups excluding carboxylic acids is 2. The second kappa shape index (κ2) is 7.23. The number of imide groups is 1. The molecule has 2 amide bonds. The molecule has 1 aliphatic carbocycles. The summed E-state index contributed by atoms with van der Waals surface area (Å²) >= 11 is 0. The van der Waals surface area contributed by atoms with Gasteiger partial charge in [-0.1, -0.05) is 43.2 Å². The van der Waals surface area contributed by atoms with Gasteiger partial charge in [0.15, 0.2) is 0 Å². The van der Waals surface area contributed by atoms with Crippen LogP contribution in [0.25, 0.3) is 0 Å². The Morgan fingerprint density at radius 2 is 1.70 bits per heavy atom. The number of hydrogen-bond acceptors (Lipinski definition) is 4. The predicted octanol–water partition coefficient (Wildman–Crippen LogP) is 1.74. The largest absolute Gasteiger partial charge is 0.389 e. The zero-order valence-electron chi connectivity index (χ0n) is 13.2. The molecule has 0 bridgehead atoms. The Hall–Kier alpha value is -1.72. The number of benzene rings is 1. The van der Waals surface area contributed by atoms with Crippen molar-refractivity contribution < 1.29 is 19.4 Å². The molecule has 2 aliphatic rings. The van der Waals surface area contributed by atoms with Crippen molar-refractivity contribution in [1.82, 2.24) is 4.90 Å². The first-order valence-corrected chi connectivity index (χ1v) is 8.32. The smallest absolute Gasteiger partial charge is 0.233 e. The lowest BCUT2D eigenvalue weighted by Gasteiger charge is -2.19. The summed E-state index contributed by atoms with van der Waals surface area (Å²) in [5.41, 5.74) is 1.03. The molecule has 0 radical (unpaired) electrons. The van der Waals surface area contributed by atoms with Gasteiger partial charge >= 0.3 is 0 Å². The van der Waals surface area contributed by atoms with Gasteiger partial charge in [-0.05, 0) is 18.4 Å². The van der Waals surface area contributed by atoms with Crippen molar-refractivity contribution in [2.45, 2.75) is 38.4 Å². The van der Waals surface area contributed by atoms with Gasteiger partial charge in [0.2, 0.25) is 11.8 Å². The number of likely N-dealkylation sites (tertiary alicyclic amines) is 1. The van der Waals surface area contributed by atoms with Crippen LogP contribution >= 0.6 is 0 Å². The van der Waals surface area contributed by atoms with Gasteiger partial charge in [0, 0.05) is 0 Å². The molecule has 124 valence electrons. The van der Waals surface area contributed by atoms with E-state index in [1.165, 1.54) is 4.90 Å². The van der Waals surface area contributed by atoms with Crippen molar-refractivity contribution in [3.05, 3.63) is 35.9 Å².